The molecule has 0 N–H and O–H groups in total. The molecular formula is C20H28N2O2. The highest BCUT2D eigenvalue weighted by atomic mass is 16.5. The average Bonchev–Trinajstić information content (AvgIpc) is 2.59. The predicted octanol–water partition coefficient (Wildman–Crippen LogP) is 3.89. The molecule has 0 saturated heterocycles. The highest BCUT2D eigenvalue weighted by molar-refractivity contribution is 5.77. The molecule has 1 aliphatic carbocycles. The van der Waals surface area contributed by atoms with Crippen LogP contribution in [0.25, 0.3) is 0 Å². The molecule has 4 nitrogen and oxygen atoms in total. The third-order valence-electron chi connectivity index (χ3n) is 4.79. The lowest BCUT2D eigenvalue weighted by atomic mass is 9.89. The van der Waals surface area contributed by atoms with Crippen LogP contribution in [0.1, 0.15) is 57.6 Å². The number of hydrogen-bond acceptors (Lipinski definition) is 3. The minimum absolute atomic E-state index is 0.0352. The largest absolute Gasteiger partial charge is 0.368 e. The maximum Gasteiger partial charge on any atom is 0.249 e. The van der Waals surface area contributed by atoms with Crippen molar-refractivity contribution in [3.63, 3.8) is 0 Å². The molecule has 0 radical (unpaired) electrons. The van der Waals surface area contributed by atoms with E-state index in [1.807, 2.05) is 30.9 Å². The van der Waals surface area contributed by atoms with Crippen LogP contribution in [-0.4, -0.2) is 29.6 Å². The average molecular weight is 328 g/mol. The van der Waals surface area contributed by atoms with Crippen LogP contribution in [0.3, 0.4) is 0 Å². The molecule has 0 bridgehead atoms. The van der Waals surface area contributed by atoms with E-state index in [2.05, 4.69) is 13.0 Å². The summed E-state index contributed by atoms with van der Waals surface area (Å²) in [5, 5.41) is 8.87. The summed E-state index contributed by atoms with van der Waals surface area (Å²) in [7, 11) is 0. The van der Waals surface area contributed by atoms with Crippen LogP contribution < -0.4 is 0 Å². The van der Waals surface area contributed by atoms with E-state index in [1.165, 1.54) is 12.8 Å². The normalized spacial score (nSPS) is 20.6. The monoisotopic (exact) mass is 328 g/mol. The number of benzene rings is 1. The highest BCUT2D eigenvalue weighted by Gasteiger charge is 2.22. The Labute approximate surface area is 145 Å². The Morgan fingerprint density at radius 2 is 1.88 bits per heavy atom. The van der Waals surface area contributed by atoms with Crippen LogP contribution >= 0.6 is 0 Å². The van der Waals surface area contributed by atoms with Gasteiger partial charge in [-0.25, -0.2) is 0 Å². The zero-order valence-electron chi connectivity index (χ0n) is 15.0. The van der Waals surface area contributed by atoms with E-state index in [4.69, 9.17) is 10.00 Å². The number of carbonyl (C=O) groups excluding carboxylic acids is 1. The summed E-state index contributed by atoms with van der Waals surface area (Å²) >= 11 is 0. The van der Waals surface area contributed by atoms with Gasteiger partial charge in [0.05, 0.1) is 17.7 Å². The smallest absolute Gasteiger partial charge is 0.249 e. The van der Waals surface area contributed by atoms with Gasteiger partial charge in [-0.3, -0.25) is 4.79 Å². The second-order valence-electron chi connectivity index (χ2n) is 7.12. The second kappa shape index (κ2) is 8.84. The fourth-order valence-corrected chi connectivity index (χ4v) is 3.11. The number of nitrogens with zero attached hydrogens (tertiary/aromatic N) is 2. The third kappa shape index (κ3) is 5.35. The first-order valence-corrected chi connectivity index (χ1v) is 8.89. The Morgan fingerprint density at radius 3 is 2.42 bits per heavy atom. The van der Waals surface area contributed by atoms with Gasteiger partial charge in [-0.2, -0.15) is 5.26 Å². The fraction of sp³-hybridized carbons (Fsp3) is 0.600. The fourth-order valence-electron chi connectivity index (χ4n) is 3.11. The number of amides is 1. The molecule has 0 spiro atoms. The molecule has 24 heavy (non-hydrogen) atoms. The first-order valence-electron chi connectivity index (χ1n) is 8.89. The molecule has 0 aromatic heterocycles. The molecule has 1 aliphatic rings. The van der Waals surface area contributed by atoms with Gasteiger partial charge in [0.25, 0.3) is 0 Å². The predicted molar refractivity (Wildman–Crippen MR) is 94.2 cm³/mol. The van der Waals surface area contributed by atoms with Gasteiger partial charge in [0.1, 0.15) is 6.61 Å². The summed E-state index contributed by atoms with van der Waals surface area (Å²) in [4.78, 5) is 14.4. The van der Waals surface area contributed by atoms with E-state index in [1.54, 1.807) is 12.1 Å². The van der Waals surface area contributed by atoms with E-state index in [0.29, 0.717) is 12.1 Å². The Hall–Kier alpha value is -1.86. The zero-order valence-corrected chi connectivity index (χ0v) is 15.0. The van der Waals surface area contributed by atoms with Crippen molar-refractivity contribution in [3.05, 3.63) is 35.4 Å². The van der Waals surface area contributed by atoms with Crippen molar-refractivity contribution in [2.75, 3.05) is 6.61 Å². The summed E-state index contributed by atoms with van der Waals surface area (Å²) in [6.07, 6.45) is 4.74. The summed E-state index contributed by atoms with van der Waals surface area (Å²) in [5.74, 6) is 0.817. The number of ether oxygens (including phenoxy) is 1. The minimum atomic E-state index is 0.0352. The Bertz CT molecular complexity index is 566. The topological polar surface area (TPSA) is 53.3 Å². The van der Waals surface area contributed by atoms with Crippen LogP contribution in [-0.2, 0) is 16.1 Å². The molecule has 0 aliphatic heterocycles. The first kappa shape index (κ1) is 18.5. The Morgan fingerprint density at radius 1 is 1.25 bits per heavy atom. The van der Waals surface area contributed by atoms with Crippen LogP contribution in [0, 0.1) is 17.2 Å². The van der Waals surface area contributed by atoms with Gasteiger partial charge in [0, 0.05) is 12.6 Å². The van der Waals surface area contributed by atoms with Crippen LogP contribution in [0.2, 0.25) is 0 Å². The Balaban J connectivity index is 1.89. The van der Waals surface area contributed by atoms with Crippen molar-refractivity contribution in [2.45, 2.75) is 65.1 Å². The quantitative estimate of drug-likeness (QED) is 0.796. The molecule has 1 aromatic rings. The lowest BCUT2D eigenvalue weighted by molar-refractivity contribution is -0.141. The van der Waals surface area contributed by atoms with E-state index in [-0.39, 0.29) is 24.7 Å². The summed E-state index contributed by atoms with van der Waals surface area (Å²) < 4.78 is 5.86. The molecule has 1 fully saturated rings. The maximum atomic E-state index is 12.6. The summed E-state index contributed by atoms with van der Waals surface area (Å²) in [5.41, 5.74) is 1.67. The lowest BCUT2D eigenvalue weighted by Crippen LogP contribution is -2.39. The molecule has 1 amide bonds. The molecule has 0 unspecified atom stereocenters. The number of rotatable bonds is 6. The van der Waals surface area contributed by atoms with Crippen LogP contribution in [0.5, 0.6) is 0 Å². The zero-order chi connectivity index (χ0) is 17.5. The summed E-state index contributed by atoms with van der Waals surface area (Å²) in [6, 6.07) is 9.62. The van der Waals surface area contributed by atoms with Gasteiger partial charge in [-0.15, -0.1) is 0 Å². The van der Waals surface area contributed by atoms with Gasteiger partial charge >= 0.3 is 0 Å². The van der Waals surface area contributed by atoms with Crippen LogP contribution in [0.15, 0.2) is 24.3 Å². The van der Waals surface area contributed by atoms with Gasteiger partial charge in [-0.1, -0.05) is 19.1 Å². The van der Waals surface area contributed by atoms with Crippen molar-refractivity contribution in [1.82, 2.24) is 4.90 Å². The molecule has 0 atom stereocenters. The molecule has 2 rings (SSSR count). The van der Waals surface area contributed by atoms with Crippen molar-refractivity contribution in [3.8, 4) is 6.07 Å². The number of hydrogen-bond donors (Lipinski definition) is 0. The van der Waals surface area contributed by atoms with E-state index >= 15 is 0 Å². The molecule has 4 heteroatoms. The van der Waals surface area contributed by atoms with Crippen molar-refractivity contribution in [1.29, 1.82) is 5.26 Å². The van der Waals surface area contributed by atoms with Crippen molar-refractivity contribution < 1.29 is 9.53 Å². The summed E-state index contributed by atoms with van der Waals surface area (Å²) in [6.45, 7) is 7.02. The molecule has 0 heterocycles. The molecule has 130 valence electrons. The van der Waals surface area contributed by atoms with E-state index in [9.17, 15) is 4.79 Å². The number of carbonyl (C=O) groups is 1. The van der Waals surface area contributed by atoms with Gasteiger partial charge in [0.2, 0.25) is 5.91 Å². The van der Waals surface area contributed by atoms with Crippen molar-refractivity contribution >= 4 is 5.91 Å². The van der Waals surface area contributed by atoms with Gasteiger partial charge in [0.15, 0.2) is 0 Å². The third-order valence-corrected chi connectivity index (χ3v) is 4.79. The number of nitriles is 1. The molecule has 1 aromatic carbocycles. The Kier molecular flexibility index (Phi) is 6.81. The molecule has 1 saturated carbocycles. The molecular weight excluding hydrogens is 300 g/mol. The second-order valence-corrected chi connectivity index (χ2v) is 7.12. The maximum absolute atomic E-state index is 12.6. The highest BCUT2D eigenvalue weighted by Crippen LogP contribution is 2.25. The van der Waals surface area contributed by atoms with Crippen molar-refractivity contribution in [2.24, 2.45) is 5.92 Å². The lowest BCUT2D eigenvalue weighted by Gasteiger charge is -2.30. The SMILES string of the molecule is CC1CCC(OCC(=O)N(Cc2ccc(C#N)cc2)C(C)C)CC1. The van der Waals surface area contributed by atoms with E-state index in [0.717, 1.165) is 24.3 Å². The minimum Gasteiger partial charge on any atom is -0.368 e. The van der Waals surface area contributed by atoms with Crippen LogP contribution in [0.4, 0.5) is 0 Å². The first-order chi connectivity index (χ1) is 11.5. The van der Waals surface area contributed by atoms with Gasteiger partial charge < -0.3 is 9.64 Å². The standard InChI is InChI=1S/C20H28N2O2/c1-15(2)22(13-18-8-6-17(12-21)7-9-18)20(23)14-24-19-10-4-16(3)5-11-19/h6-9,15-16,19H,4-5,10-11,13-14H2,1-3H3. The van der Waals surface area contributed by atoms with E-state index < -0.39 is 0 Å². The van der Waals surface area contributed by atoms with Gasteiger partial charge in [-0.05, 0) is 63.1 Å².